The van der Waals surface area contributed by atoms with E-state index in [9.17, 15) is 0 Å². The highest BCUT2D eigenvalue weighted by Gasteiger charge is 2.25. The molecular weight excluding hydrogens is 262 g/mol. The van der Waals surface area contributed by atoms with Crippen molar-refractivity contribution in [1.82, 2.24) is 9.78 Å². The molecule has 4 heteroatoms. The van der Waals surface area contributed by atoms with Crippen LogP contribution in [-0.4, -0.2) is 22.9 Å². The molecule has 2 heterocycles. The van der Waals surface area contributed by atoms with Crippen molar-refractivity contribution in [3.05, 3.63) is 41.1 Å². The van der Waals surface area contributed by atoms with Crippen LogP contribution in [0.3, 0.4) is 0 Å². The average molecular weight is 285 g/mol. The Morgan fingerprint density at radius 2 is 2.05 bits per heavy atom. The van der Waals surface area contributed by atoms with Gasteiger partial charge >= 0.3 is 0 Å². The topological polar surface area (TPSA) is 39.1 Å². The van der Waals surface area contributed by atoms with Crippen molar-refractivity contribution in [3.8, 4) is 5.75 Å². The van der Waals surface area contributed by atoms with E-state index in [0.29, 0.717) is 12.6 Å². The Morgan fingerprint density at radius 1 is 1.29 bits per heavy atom. The van der Waals surface area contributed by atoms with E-state index < -0.39 is 0 Å². The van der Waals surface area contributed by atoms with Crippen LogP contribution >= 0.6 is 0 Å². The summed E-state index contributed by atoms with van der Waals surface area (Å²) in [4.78, 5) is 0. The number of aromatic nitrogens is 2. The first kappa shape index (κ1) is 14.0. The Balaban J connectivity index is 1.94. The molecule has 0 bridgehead atoms. The van der Waals surface area contributed by atoms with Crippen LogP contribution in [0, 0.1) is 6.92 Å². The van der Waals surface area contributed by atoms with Crippen molar-refractivity contribution < 1.29 is 4.74 Å². The van der Waals surface area contributed by atoms with Crippen LogP contribution in [-0.2, 0) is 6.42 Å². The lowest BCUT2D eigenvalue weighted by Gasteiger charge is -2.26. The Hall–Kier alpha value is -1.97. The molecule has 0 radical (unpaired) electrons. The summed E-state index contributed by atoms with van der Waals surface area (Å²) in [6, 6.07) is 8.74. The summed E-state index contributed by atoms with van der Waals surface area (Å²) in [7, 11) is 0. The number of nitrogens with zero attached hydrogens (tertiary/aromatic N) is 2. The van der Waals surface area contributed by atoms with Gasteiger partial charge < -0.3 is 10.1 Å². The van der Waals surface area contributed by atoms with Crippen LogP contribution in [0.15, 0.2) is 24.3 Å². The zero-order valence-corrected chi connectivity index (χ0v) is 13.0. The smallest absolute Gasteiger partial charge is 0.128 e. The van der Waals surface area contributed by atoms with Gasteiger partial charge in [-0.1, -0.05) is 19.1 Å². The Bertz CT molecular complexity index is 616. The van der Waals surface area contributed by atoms with Crippen LogP contribution in [0.2, 0.25) is 0 Å². The largest absolute Gasteiger partial charge is 0.494 e. The number of hydrogen-bond acceptors (Lipinski definition) is 3. The Morgan fingerprint density at radius 3 is 2.71 bits per heavy atom. The second-order valence-electron chi connectivity index (χ2n) is 5.45. The third-order valence-electron chi connectivity index (χ3n) is 4.16. The summed E-state index contributed by atoms with van der Waals surface area (Å²) < 4.78 is 7.68. The van der Waals surface area contributed by atoms with Gasteiger partial charge in [0.15, 0.2) is 0 Å². The molecule has 2 aromatic rings. The van der Waals surface area contributed by atoms with Crippen molar-refractivity contribution in [2.45, 2.75) is 39.7 Å². The molecule has 3 rings (SSSR count). The van der Waals surface area contributed by atoms with Crippen molar-refractivity contribution >= 4 is 5.82 Å². The standard InChI is InChI=1S/C17H23N3O/c1-4-15-12(3)17-18-11-10-16(20(17)19-15)13-6-8-14(9-7-13)21-5-2/h6-9,16,18H,4-5,10-11H2,1-3H3. The molecule has 1 aromatic heterocycles. The van der Waals surface area contributed by atoms with Crippen molar-refractivity contribution in [1.29, 1.82) is 0 Å². The molecule has 0 saturated carbocycles. The molecule has 1 aromatic carbocycles. The Labute approximate surface area is 126 Å². The Kier molecular flexibility index (Phi) is 3.86. The summed E-state index contributed by atoms with van der Waals surface area (Å²) in [6.45, 7) is 8.02. The molecule has 4 nitrogen and oxygen atoms in total. The average Bonchev–Trinajstić information content (AvgIpc) is 2.85. The van der Waals surface area contributed by atoms with Crippen molar-refractivity contribution in [2.24, 2.45) is 0 Å². The number of benzene rings is 1. The second-order valence-corrected chi connectivity index (χ2v) is 5.45. The summed E-state index contributed by atoms with van der Waals surface area (Å²) in [6.07, 6.45) is 2.04. The quantitative estimate of drug-likeness (QED) is 0.933. The minimum Gasteiger partial charge on any atom is -0.494 e. The zero-order chi connectivity index (χ0) is 14.8. The lowest BCUT2D eigenvalue weighted by molar-refractivity contribution is 0.340. The summed E-state index contributed by atoms with van der Waals surface area (Å²) >= 11 is 0. The van der Waals surface area contributed by atoms with E-state index >= 15 is 0 Å². The van der Waals surface area contributed by atoms with Gasteiger partial charge in [-0.3, -0.25) is 0 Å². The minimum atomic E-state index is 0.316. The first-order chi connectivity index (χ1) is 10.2. The lowest BCUT2D eigenvalue weighted by atomic mass is 10.0. The molecule has 112 valence electrons. The fourth-order valence-electron chi connectivity index (χ4n) is 3.05. The zero-order valence-electron chi connectivity index (χ0n) is 13.0. The maximum absolute atomic E-state index is 5.52. The second kappa shape index (κ2) is 5.80. The molecule has 1 aliphatic rings. The molecule has 0 amide bonds. The fourth-order valence-corrected chi connectivity index (χ4v) is 3.05. The van der Waals surface area contributed by atoms with Gasteiger partial charge in [0.1, 0.15) is 11.6 Å². The number of ether oxygens (including phenoxy) is 1. The number of aryl methyl sites for hydroxylation is 1. The van der Waals surface area contributed by atoms with Gasteiger partial charge in [-0.25, -0.2) is 4.68 Å². The van der Waals surface area contributed by atoms with Gasteiger partial charge in [0.25, 0.3) is 0 Å². The van der Waals surface area contributed by atoms with E-state index in [-0.39, 0.29) is 0 Å². The molecular formula is C17H23N3O. The normalized spacial score (nSPS) is 17.2. The number of fused-ring (bicyclic) bond motifs is 1. The van der Waals surface area contributed by atoms with Crippen LogP contribution in [0.25, 0.3) is 0 Å². The molecule has 21 heavy (non-hydrogen) atoms. The highest BCUT2D eigenvalue weighted by Crippen LogP contribution is 2.33. The predicted molar refractivity (Wildman–Crippen MR) is 85.2 cm³/mol. The molecule has 1 N–H and O–H groups in total. The summed E-state index contributed by atoms with van der Waals surface area (Å²) in [5.41, 5.74) is 3.77. The van der Waals surface area contributed by atoms with Crippen molar-refractivity contribution in [2.75, 3.05) is 18.5 Å². The maximum Gasteiger partial charge on any atom is 0.128 e. The highest BCUT2D eigenvalue weighted by molar-refractivity contribution is 5.49. The van der Waals surface area contributed by atoms with Gasteiger partial charge in [-0.05, 0) is 44.4 Å². The minimum absolute atomic E-state index is 0.316. The van der Waals surface area contributed by atoms with E-state index in [4.69, 9.17) is 9.84 Å². The first-order valence-corrected chi connectivity index (χ1v) is 7.79. The van der Waals surface area contributed by atoms with Gasteiger partial charge in [0, 0.05) is 12.1 Å². The number of rotatable bonds is 4. The fraction of sp³-hybridized carbons (Fsp3) is 0.471. The molecule has 1 aliphatic heterocycles. The SMILES string of the molecule is CCOc1ccc(C2CCNc3c(C)c(CC)nn32)cc1. The molecule has 0 aliphatic carbocycles. The first-order valence-electron chi connectivity index (χ1n) is 7.79. The monoisotopic (exact) mass is 285 g/mol. The molecule has 1 unspecified atom stereocenters. The lowest BCUT2D eigenvalue weighted by Crippen LogP contribution is -2.24. The van der Waals surface area contributed by atoms with Gasteiger partial charge in [0.05, 0.1) is 18.3 Å². The van der Waals surface area contributed by atoms with Crippen molar-refractivity contribution in [3.63, 3.8) is 0 Å². The molecule has 0 fully saturated rings. The highest BCUT2D eigenvalue weighted by atomic mass is 16.5. The van der Waals surface area contributed by atoms with E-state index in [2.05, 4.69) is 48.1 Å². The van der Waals surface area contributed by atoms with Crippen LogP contribution < -0.4 is 10.1 Å². The number of nitrogens with one attached hydrogen (secondary N) is 1. The van der Waals surface area contributed by atoms with Crippen LogP contribution in [0.4, 0.5) is 5.82 Å². The van der Waals surface area contributed by atoms with Gasteiger partial charge in [0.2, 0.25) is 0 Å². The predicted octanol–water partition coefficient (Wildman–Crippen LogP) is 3.56. The van der Waals surface area contributed by atoms with E-state index in [0.717, 1.165) is 25.1 Å². The number of hydrogen-bond donors (Lipinski definition) is 1. The summed E-state index contributed by atoms with van der Waals surface area (Å²) in [5, 5.41) is 8.30. The van der Waals surface area contributed by atoms with Crippen LogP contribution in [0.1, 0.15) is 43.1 Å². The van der Waals surface area contributed by atoms with E-state index in [1.54, 1.807) is 0 Å². The van der Waals surface area contributed by atoms with E-state index in [1.165, 1.54) is 22.6 Å². The third kappa shape index (κ3) is 2.50. The molecule has 0 spiro atoms. The van der Waals surface area contributed by atoms with Gasteiger partial charge in [-0.2, -0.15) is 5.10 Å². The summed E-state index contributed by atoms with van der Waals surface area (Å²) in [5.74, 6) is 2.11. The molecule has 0 saturated heterocycles. The molecule has 1 atom stereocenters. The number of anilines is 1. The van der Waals surface area contributed by atoms with Gasteiger partial charge in [-0.15, -0.1) is 0 Å². The van der Waals surface area contributed by atoms with E-state index in [1.807, 2.05) is 6.92 Å². The maximum atomic E-state index is 5.52. The third-order valence-corrected chi connectivity index (χ3v) is 4.16. The van der Waals surface area contributed by atoms with Crippen LogP contribution in [0.5, 0.6) is 5.75 Å².